The van der Waals surface area contributed by atoms with Crippen LogP contribution < -0.4 is 5.48 Å². The van der Waals surface area contributed by atoms with Crippen LogP contribution >= 0.6 is 0 Å². The first-order chi connectivity index (χ1) is 5.75. The van der Waals surface area contributed by atoms with Crippen molar-refractivity contribution in [3.8, 4) is 0 Å². The summed E-state index contributed by atoms with van der Waals surface area (Å²) in [6.07, 6.45) is 1.66. The molecule has 0 unspecified atom stereocenters. The molecule has 0 aliphatic carbocycles. The Balaban J connectivity index is 2.64. The van der Waals surface area contributed by atoms with Gasteiger partial charge < -0.3 is 4.74 Å². The lowest BCUT2D eigenvalue weighted by atomic mass is 10.1. The minimum atomic E-state index is -0.199. The maximum atomic E-state index is 11.2. The molecule has 1 heterocycles. The van der Waals surface area contributed by atoms with Crippen LogP contribution in [0, 0.1) is 0 Å². The summed E-state index contributed by atoms with van der Waals surface area (Å²) in [6, 6.07) is 0. The van der Waals surface area contributed by atoms with E-state index in [1.165, 1.54) is 7.11 Å². The molecule has 0 spiro atoms. The zero-order valence-corrected chi connectivity index (χ0v) is 7.35. The van der Waals surface area contributed by atoms with E-state index in [9.17, 15) is 4.79 Å². The summed E-state index contributed by atoms with van der Waals surface area (Å²) in [5, 5.41) is 0. The molecule has 0 saturated carbocycles. The Kier molecular flexibility index (Phi) is 3.10. The maximum absolute atomic E-state index is 11.2. The third-order valence-electron chi connectivity index (χ3n) is 1.78. The van der Waals surface area contributed by atoms with Crippen molar-refractivity contribution in [2.24, 2.45) is 0 Å². The van der Waals surface area contributed by atoms with E-state index < -0.39 is 0 Å². The van der Waals surface area contributed by atoms with E-state index in [2.05, 4.69) is 10.3 Å². The lowest BCUT2D eigenvalue weighted by Gasteiger charge is -2.17. The van der Waals surface area contributed by atoms with Crippen molar-refractivity contribution < 1.29 is 14.4 Å². The number of carbonyl (C=O) groups is 1. The van der Waals surface area contributed by atoms with Crippen LogP contribution in [-0.4, -0.2) is 19.6 Å². The molecule has 0 saturated heterocycles. The van der Waals surface area contributed by atoms with Gasteiger partial charge in [0.2, 0.25) is 0 Å². The molecule has 1 amide bonds. The summed E-state index contributed by atoms with van der Waals surface area (Å²) >= 11 is 0. The first kappa shape index (κ1) is 9.06. The highest BCUT2D eigenvalue weighted by molar-refractivity contribution is 5.93. The molecular weight excluding hydrogens is 158 g/mol. The fraction of sp³-hybridized carbons (Fsp3) is 0.625. The molecular formula is C8H13NO3. The fourth-order valence-corrected chi connectivity index (χ4v) is 1.17. The molecule has 12 heavy (non-hydrogen) atoms. The molecule has 1 aliphatic heterocycles. The standard InChI is InChI=1S/C8H13NO3/c1-6-7(4-3-5-12-6)8(10)9-11-2/h3-5H2,1-2H3,(H,9,10). The Morgan fingerprint density at radius 3 is 3.00 bits per heavy atom. The van der Waals surface area contributed by atoms with E-state index in [1.54, 1.807) is 6.92 Å². The zero-order chi connectivity index (χ0) is 8.97. The lowest BCUT2D eigenvalue weighted by molar-refractivity contribution is -0.128. The first-order valence-electron chi connectivity index (χ1n) is 3.91. The lowest BCUT2D eigenvalue weighted by Crippen LogP contribution is -2.26. The van der Waals surface area contributed by atoms with Gasteiger partial charge in [-0.15, -0.1) is 0 Å². The van der Waals surface area contributed by atoms with Crippen molar-refractivity contribution in [1.82, 2.24) is 5.48 Å². The molecule has 4 heteroatoms. The predicted octanol–water partition coefficient (Wildman–Crippen LogP) is 0.748. The van der Waals surface area contributed by atoms with Crippen LogP contribution in [0.3, 0.4) is 0 Å². The first-order valence-corrected chi connectivity index (χ1v) is 3.91. The highest BCUT2D eigenvalue weighted by Crippen LogP contribution is 2.18. The topological polar surface area (TPSA) is 47.6 Å². The number of hydroxylamine groups is 1. The minimum absolute atomic E-state index is 0.199. The van der Waals surface area contributed by atoms with Crippen LogP contribution in [0.4, 0.5) is 0 Å². The summed E-state index contributed by atoms with van der Waals surface area (Å²) in [4.78, 5) is 15.8. The van der Waals surface area contributed by atoms with Crippen molar-refractivity contribution >= 4 is 5.91 Å². The molecule has 1 rings (SSSR count). The summed E-state index contributed by atoms with van der Waals surface area (Å²) in [7, 11) is 1.41. The van der Waals surface area contributed by atoms with Gasteiger partial charge in [0.25, 0.3) is 5.91 Å². The largest absolute Gasteiger partial charge is 0.498 e. The second-order valence-corrected chi connectivity index (χ2v) is 2.62. The monoisotopic (exact) mass is 171 g/mol. The van der Waals surface area contributed by atoms with Gasteiger partial charge in [0, 0.05) is 0 Å². The molecule has 0 radical (unpaired) electrons. The van der Waals surface area contributed by atoms with Crippen molar-refractivity contribution in [2.75, 3.05) is 13.7 Å². The Labute approximate surface area is 71.5 Å². The molecule has 0 aromatic heterocycles. The van der Waals surface area contributed by atoms with E-state index in [-0.39, 0.29) is 5.91 Å². The summed E-state index contributed by atoms with van der Waals surface area (Å²) in [5.74, 6) is 0.505. The second-order valence-electron chi connectivity index (χ2n) is 2.62. The number of amides is 1. The van der Waals surface area contributed by atoms with Crippen molar-refractivity contribution in [2.45, 2.75) is 19.8 Å². The number of rotatable bonds is 2. The van der Waals surface area contributed by atoms with Gasteiger partial charge in [-0.2, -0.15) is 0 Å². The van der Waals surface area contributed by atoms with E-state index in [4.69, 9.17) is 4.74 Å². The van der Waals surface area contributed by atoms with Crippen molar-refractivity contribution in [3.05, 3.63) is 11.3 Å². The molecule has 68 valence electrons. The summed E-state index contributed by atoms with van der Waals surface area (Å²) in [5.41, 5.74) is 2.95. The molecule has 0 atom stereocenters. The van der Waals surface area contributed by atoms with E-state index in [0.717, 1.165) is 12.8 Å². The third kappa shape index (κ3) is 1.98. The molecule has 0 aromatic rings. The number of ether oxygens (including phenoxy) is 1. The van der Waals surface area contributed by atoms with Gasteiger partial charge in [0.05, 0.1) is 19.3 Å². The number of hydrogen-bond donors (Lipinski definition) is 1. The van der Waals surface area contributed by atoms with Gasteiger partial charge >= 0.3 is 0 Å². The molecule has 1 N–H and O–H groups in total. The summed E-state index contributed by atoms with van der Waals surface area (Å²) < 4.78 is 5.22. The van der Waals surface area contributed by atoms with Gasteiger partial charge in [-0.05, 0) is 19.8 Å². The number of nitrogens with one attached hydrogen (secondary N) is 1. The maximum Gasteiger partial charge on any atom is 0.274 e. The molecule has 0 aromatic carbocycles. The quantitative estimate of drug-likeness (QED) is 0.623. The van der Waals surface area contributed by atoms with Gasteiger partial charge in [-0.25, -0.2) is 5.48 Å². The van der Waals surface area contributed by atoms with E-state index in [0.29, 0.717) is 17.9 Å². The molecule has 4 nitrogen and oxygen atoms in total. The Morgan fingerprint density at radius 1 is 1.67 bits per heavy atom. The second kappa shape index (κ2) is 4.11. The van der Waals surface area contributed by atoms with Crippen molar-refractivity contribution in [3.63, 3.8) is 0 Å². The molecule has 1 aliphatic rings. The van der Waals surface area contributed by atoms with Gasteiger partial charge in [0.15, 0.2) is 0 Å². The van der Waals surface area contributed by atoms with Crippen LogP contribution in [0.5, 0.6) is 0 Å². The van der Waals surface area contributed by atoms with E-state index in [1.807, 2.05) is 0 Å². The third-order valence-corrected chi connectivity index (χ3v) is 1.78. The number of carbonyl (C=O) groups excluding carboxylic acids is 1. The normalized spacial score (nSPS) is 17.2. The Bertz CT molecular complexity index is 210. The Morgan fingerprint density at radius 2 is 2.42 bits per heavy atom. The van der Waals surface area contributed by atoms with Gasteiger partial charge in [-0.1, -0.05) is 0 Å². The predicted molar refractivity (Wildman–Crippen MR) is 43.0 cm³/mol. The van der Waals surface area contributed by atoms with Crippen molar-refractivity contribution in [1.29, 1.82) is 0 Å². The average Bonchev–Trinajstić information content (AvgIpc) is 2.05. The van der Waals surface area contributed by atoms with Crippen LogP contribution in [0.25, 0.3) is 0 Å². The number of allylic oxidation sites excluding steroid dienone is 1. The van der Waals surface area contributed by atoms with Crippen LogP contribution in [0.15, 0.2) is 11.3 Å². The smallest absolute Gasteiger partial charge is 0.274 e. The fourth-order valence-electron chi connectivity index (χ4n) is 1.17. The van der Waals surface area contributed by atoms with Crippen LogP contribution in [-0.2, 0) is 14.4 Å². The number of hydrogen-bond acceptors (Lipinski definition) is 3. The highest BCUT2D eigenvalue weighted by atomic mass is 16.6. The molecule has 0 fully saturated rings. The summed E-state index contributed by atoms with van der Waals surface area (Å²) in [6.45, 7) is 2.50. The van der Waals surface area contributed by atoms with Gasteiger partial charge in [-0.3, -0.25) is 9.63 Å². The average molecular weight is 171 g/mol. The van der Waals surface area contributed by atoms with Crippen LogP contribution in [0.1, 0.15) is 19.8 Å². The zero-order valence-electron chi connectivity index (χ0n) is 7.35. The van der Waals surface area contributed by atoms with Gasteiger partial charge in [0.1, 0.15) is 5.76 Å². The SMILES string of the molecule is CONC(=O)C1=C(C)OCCC1. The van der Waals surface area contributed by atoms with E-state index >= 15 is 0 Å². The van der Waals surface area contributed by atoms with Crippen LogP contribution in [0.2, 0.25) is 0 Å². The highest BCUT2D eigenvalue weighted by Gasteiger charge is 2.17. The minimum Gasteiger partial charge on any atom is -0.498 e. The molecule has 0 bridgehead atoms. The Hall–Kier alpha value is -1.03.